The van der Waals surface area contributed by atoms with Gasteiger partial charge in [-0.3, -0.25) is 14.2 Å². The van der Waals surface area contributed by atoms with E-state index in [-0.39, 0.29) is 11.5 Å². The van der Waals surface area contributed by atoms with E-state index >= 15 is 0 Å². The number of nitrogens with zero attached hydrogens (tertiary/aromatic N) is 2. The second-order valence-corrected chi connectivity index (χ2v) is 5.71. The molecule has 2 rings (SSSR count). The zero-order valence-corrected chi connectivity index (χ0v) is 12.7. The number of rotatable bonds is 5. The Labute approximate surface area is 126 Å². The highest BCUT2D eigenvalue weighted by molar-refractivity contribution is 8.00. The highest BCUT2D eigenvalue weighted by Crippen LogP contribution is 2.23. The number of methoxy groups -OCH3 is 1. The van der Waals surface area contributed by atoms with Gasteiger partial charge in [0.25, 0.3) is 5.56 Å². The fraction of sp³-hybridized carbons (Fsp3) is 0.267. The number of thioether (sulfide) groups is 1. The fourth-order valence-electron chi connectivity index (χ4n) is 1.90. The SMILES string of the molecule is C=CCn1c(SC(C)C(=O)OC)nc2ccccc2c1=O. The Morgan fingerprint density at radius 3 is 2.90 bits per heavy atom. The van der Waals surface area contributed by atoms with Crippen molar-refractivity contribution < 1.29 is 9.53 Å². The van der Waals surface area contributed by atoms with Gasteiger partial charge < -0.3 is 4.74 Å². The Morgan fingerprint density at radius 2 is 2.24 bits per heavy atom. The minimum atomic E-state index is -0.445. The molecule has 0 N–H and O–H groups in total. The molecule has 0 aliphatic rings. The van der Waals surface area contributed by atoms with Gasteiger partial charge in [0.05, 0.1) is 18.0 Å². The Kier molecular flexibility index (Phi) is 4.80. The lowest BCUT2D eigenvalue weighted by Gasteiger charge is -2.14. The molecule has 2 aromatic rings. The summed E-state index contributed by atoms with van der Waals surface area (Å²) < 4.78 is 6.22. The molecule has 1 aromatic heterocycles. The fourth-order valence-corrected chi connectivity index (χ4v) is 2.84. The minimum absolute atomic E-state index is 0.139. The molecule has 21 heavy (non-hydrogen) atoms. The van der Waals surface area contributed by atoms with Crippen molar-refractivity contribution in [2.75, 3.05) is 7.11 Å². The molecule has 1 heterocycles. The van der Waals surface area contributed by atoms with Crippen LogP contribution in [0, 0.1) is 0 Å². The number of benzene rings is 1. The highest BCUT2D eigenvalue weighted by atomic mass is 32.2. The van der Waals surface area contributed by atoms with Gasteiger partial charge in [-0.1, -0.05) is 30.0 Å². The second kappa shape index (κ2) is 6.58. The van der Waals surface area contributed by atoms with Crippen LogP contribution in [0.4, 0.5) is 0 Å². The standard InChI is InChI=1S/C15H16N2O3S/c1-4-9-17-13(18)11-7-5-6-8-12(11)16-15(17)21-10(2)14(19)20-3/h4-8,10H,1,9H2,2-3H3. The summed E-state index contributed by atoms with van der Waals surface area (Å²) in [6.07, 6.45) is 1.63. The monoisotopic (exact) mass is 304 g/mol. The lowest BCUT2D eigenvalue weighted by Crippen LogP contribution is -2.24. The first kappa shape index (κ1) is 15.3. The van der Waals surface area contributed by atoms with Crippen molar-refractivity contribution in [2.24, 2.45) is 0 Å². The van der Waals surface area contributed by atoms with E-state index in [2.05, 4.69) is 11.6 Å². The highest BCUT2D eigenvalue weighted by Gasteiger charge is 2.19. The van der Waals surface area contributed by atoms with Crippen molar-refractivity contribution in [3.05, 3.63) is 47.3 Å². The molecule has 0 saturated carbocycles. The van der Waals surface area contributed by atoms with Gasteiger partial charge in [0.15, 0.2) is 5.16 Å². The summed E-state index contributed by atoms with van der Waals surface area (Å²) in [6.45, 7) is 5.72. The van der Waals surface area contributed by atoms with Crippen LogP contribution in [0.1, 0.15) is 6.92 Å². The first-order valence-corrected chi connectivity index (χ1v) is 7.31. The molecule has 0 saturated heterocycles. The van der Waals surface area contributed by atoms with Gasteiger partial charge in [-0.05, 0) is 19.1 Å². The Balaban J connectivity index is 2.55. The summed E-state index contributed by atoms with van der Waals surface area (Å²) in [6, 6.07) is 7.14. The summed E-state index contributed by atoms with van der Waals surface area (Å²) in [5.41, 5.74) is 0.474. The Hall–Kier alpha value is -2.08. The van der Waals surface area contributed by atoms with Crippen LogP contribution in [0.2, 0.25) is 0 Å². The molecule has 0 aliphatic carbocycles. The number of ether oxygens (including phenoxy) is 1. The minimum Gasteiger partial charge on any atom is -0.468 e. The lowest BCUT2D eigenvalue weighted by molar-refractivity contribution is -0.139. The van der Waals surface area contributed by atoms with E-state index in [1.54, 1.807) is 31.2 Å². The summed E-state index contributed by atoms with van der Waals surface area (Å²) in [4.78, 5) is 28.5. The molecular weight excluding hydrogens is 288 g/mol. The topological polar surface area (TPSA) is 61.2 Å². The van der Waals surface area contributed by atoms with E-state index in [4.69, 9.17) is 4.74 Å². The van der Waals surface area contributed by atoms with Crippen LogP contribution >= 0.6 is 11.8 Å². The first-order chi connectivity index (χ1) is 10.1. The quantitative estimate of drug-likeness (QED) is 0.367. The normalized spacial score (nSPS) is 12.1. The van der Waals surface area contributed by atoms with Crippen molar-refractivity contribution in [1.29, 1.82) is 0 Å². The molecule has 1 aromatic carbocycles. The largest absolute Gasteiger partial charge is 0.468 e. The summed E-state index contributed by atoms with van der Waals surface area (Å²) in [5, 5.41) is 0.588. The van der Waals surface area contributed by atoms with E-state index in [9.17, 15) is 9.59 Å². The number of aromatic nitrogens is 2. The van der Waals surface area contributed by atoms with Crippen LogP contribution in [0.3, 0.4) is 0 Å². The molecule has 0 bridgehead atoms. The number of fused-ring (bicyclic) bond motifs is 1. The van der Waals surface area contributed by atoms with Crippen molar-refractivity contribution in [1.82, 2.24) is 9.55 Å². The molecule has 6 heteroatoms. The maximum Gasteiger partial charge on any atom is 0.318 e. The van der Waals surface area contributed by atoms with Gasteiger partial charge in [-0.15, -0.1) is 6.58 Å². The predicted molar refractivity (Wildman–Crippen MR) is 83.5 cm³/mol. The second-order valence-electron chi connectivity index (χ2n) is 4.40. The van der Waals surface area contributed by atoms with Gasteiger partial charge in [-0.25, -0.2) is 4.98 Å². The van der Waals surface area contributed by atoms with E-state index in [1.807, 2.05) is 6.07 Å². The van der Waals surface area contributed by atoms with Crippen LogP contribution in [0.25, 0.3) is 10.9 Å². The van der Waals surface area contributed by atoms with Crippen LogP contribution in [0.5, 0.6) is 0 Å². The number of hydrogen-bond donors (Lipinski definition) is 0. The molecule has 0 amide bonds. The molecule has 0 radical (unpaired) electrons. The number of esters is 1. The molecule has 0 fully saturated rings. The molecule has 110 valence electrons. The third kappa shape index (κ3) is 3.16. The van der Waals surface area contributed by atoms with E-state index in [0.717, 1.165) is 0 Å². The number of carbonyl (C=O) groups excluding carboxylic acids is 1. The maximum atomic E-state index is 12.5. The number of carbonyl (C=O) groups is 1. The number of hydrogen-bond acceptors (Lipinski definition) is 5. The van der Waals surface area contributed by atoms with Crippen LogP contribution in [-0.4, -0.2) is 27.9 Å². The van der Waals surface area contributed by atoms with E-state index in [1.165, 1.54) is 23.4 Å². The summed E-state index contributed by atoms with van der Waals surface area (Å²) in [5.74, 6) is -0.354. The molecule has 0 spiro atoms. The number of para-hydroxylation sites is 1. The first-order valence-electron chi connectivity index (χ1n) is 6.43. The lowest BCUT2D eigenvalue weighted by atomic mass is 10.2. The van der Waals surface area contributed by atoms with Gasteiger partial charge in [0.1, 0.15) is 5.25 Å². The van der Waals surface area contributed by atoms with E-state index < -0.39 is 5.25 Å². The van der Waals surface area contributed by atoms with Crippen molar-refractivity contribution in [2.45, 2.75) is 23.9 Å². The van der Waals surface area contributed by atoms with Crippen LogP contribution < -0.4 is 5.56 Å². The van der Waals surface area contributed by atoms with Gasteiger partial charge in [0, 0.05) is 6.54 Å². The average molecular weight is 304 g/mol. The zero-order valence-electron chi connectivity index (χ0n) is 11.9. The summed E-state index contributed by atoms with van der Waals surface area (Å²) in [7, 11) is 1.34. The molecule has 1 atom stereocenters. The molecule has 5 nitrogen and oxygen atoms in total. The van der Waals surface area contributed by atoms with Gasteiger partial charge in [0.2, 0.25) is 0 Å². The molecular formula is C15H16N2O3S. The Morgan fingerprint density at radius 1 is 1.52 bits per heavy atom. The maximum absolute atomic E-state index is 12.5. The van der Waals surface area contributed by atoms with E-state index in [0.29, 0.717) is 22.6 Å². The zero-order chi connectivity index (χ0) is 15.4. The molecule has 1 unspecified atom stereocenters. The third-order valence-corrected chi connectivity index (χ3v) is 4.02. The van der Waals surface area contributed by atoms with Crippen LogP contribution in [-0.2, 0) is 16.1 Å². The predicted octanol–water partition coefficient (Wildman–Crippen LogP) is 2.24. The van der Waals surface area contributed by atoms with Crippen LogP contribution in [0.15, 0.2) is 46.9 Å². The summed E-state index contributed by atoms with van der Waals surface area (Å²) >= 11 is 1.20. The van der Waals surface area contributed by atoms with Crippen molar-refractivity contribution >= 4 is 28.6 Å². The third-order valence-electron chi connectivity index (χ3n) is 2.95. The van der Waals surface area contributed by atoms with Gasteiger partial charge >= 0.3 is 5.97 Å². The number of allylic oxidation sites excluding steroid dienone is 1. The van der Waals surface area contributed by atoms with Gasteiger partial charge in [-0.2, -0.15) is 0 Å². The van der Waals surface area contributed by atoms with Crippen molar-refractivity contribution in [3.63, 3.8) is 0 Å². The average Bonchev–Trinajstić information content (AvgIpc) is 2.50. The molecule has 0 aliphatic heterocycles. The smallest absolute Gasteiger partial charge is 0.318 e. The Bertz CT molecular complexity index is 739. The van der Waals surface area contributed by atoms with Crippen molar-refractivity contribution in [3.8, 4) is 0 Å².